The van der Waals surface area contributed by atoms with Crippen molar-refractivity contribution in [2.75, 3.05) is 49.8 Å². The van der Waals surface area contributed by atoms with Gasteiger partial charge in [0, 0.05) is 60.3 Å². The van der Waals surface area contributed by atoms with Crippen LogP contribution in [0.4, 0.5) is 0 Å². The molecule has 16 nitrogen and oxygen atoms in total. The minimum absolute atomic E-state index is 0. The van der Waals surface area contributed by atoms with Crippen LogP contribution in [-0.2, 0) is 102 Å². The summed E-state index contributed by atoms with van der Waals surface area (Å²) in [5, 5.41) is 57.8. The summed E-state index contributed by atoms with van der Waals surface area (Å²) in [5.74, 6) is 0. The molecule has 0 saturated carbocycles. The van der Waals surface area contributed by atoms with Crippen LogP contribution < -0.4 is 65.3 Å². The van der Waals surface area contributed by atoms with Gasteiger partial charge in [0.2, 0.25) is 0 Å². The van der Waals surface area contributed by atoms with Gasteiger partial charge in [0.05, 0.1) is 0 Å². The number of hydrogen-bond acceptors (Lipinski definition) is 7. The monoisotopic (exact) mass is 783 g/mol. The van der Waals surface area contributed by atoms with E-state index < -0.39 is 0 Å². The van der Waals surface area contributed by atoms with Crippen molar-refractivity contribution in [3.63, 3.8) is 0 Å². The fourth-order valence-electron chi connectivity index (χ4n) is 0. The van der Waals surface area contributed by atoms with E-state index in [1.807, 2.05) is 0 Å². The van der Waals surface area contributed by atoms with E-state index in [1.165, 1.54) is 0 Å². The van der Waals surface area contributed by atoms with Crippen molar-refractivity contribution in [3.8, 4) is 0 Å². The summed E-state index contributed by atoms with van der Waals surface area (Å²) >= 11 is 0. The topological polar surface area (TPSA) is 341 Å². The standard InChI is InChI=1S/7CH3O.9CO.Na.3Tc/c16*1-2;;;;/h7*1H3;;;;;;;;;;;;;/q7*-1;;;;;;;;;;+1;;;. The first-order valence-electron chi connectivity index (χ1n) is 4.69. The van der Waals surface area contributed by atoms with Gasteiger partial charge in [0.1, 0.15) is 0 Å². The molecule has 0 amide bonds. The van der Waals surface area contributed by atoms with E-state index in [-0.39, 0.29) is 89.9 Å². The van der Waals surface area contributed by atoms with E-state index in [9.17, 15) is 0 Å². The van der Waals surface area contributed by atoms with Crippen molar-refractivity contribution >= 4 is 0 Å². The van der Waals surface area contributed by atoms with Crippen LogP contribution in [0.2, 0.25) is 0 Å². The molecule has 209 valence electrons. The van der Waals surface area contributed by atoms with Gasteiger partial charge in [-0.25, -0.2) is 0 Å². The normalized spacial score (nSPS) is 1.67. The Morgan fingerprint density at radius 2 is 0.222 bits per heavy atom. The molecule has 0 saturated heterocycles. The van der Waals surface area contributed by atoms with Crippen molar-refractivity contribution in [1.29, 1.82) is 0 Å². The van der Waals surface area contributed by atoms with Crippen LogP contribution in [-0.4, -0.2) is 49.8 Å². The van der Waals surface area contributed by atoms with E-state index in [0.717, 1.165) is 49.8 Å². The average Bonchev–Trinajstić information content (AvgIpc) is 3.05. The Hall–Kier alpha value is 0.328. The summed E-state index contributed by atoms with van der Waals surface area (Å²) in [6, 6.07) is 0. The zero-order valence-corrected chi connectivity index (χ0v) is 27.7. The zero-order valence-electron chi connectivity index (χ0n) is 20.2. The number of rotatable bonds is 0. The quantitative estimate of drug-likeness (QED) is 0.130. The maximum Gasteiger partial charge on any atom is 1.00 e. The molecule has 0 aromatic carbocycles. The van der Waals surface area contributed by atoms with Crippen LogP contribution >= 0.6 is 0 Å². The molecular weight excluding hydrogens is 765 g/mol. The van der Waals surface area contributed by atoms with E-state index >= 15 is 0 Å². The second kappa shape index (κ2) is 387000. The van der Waals surface area contributed by atoms with Gasteiger partial charge in [0.15, 0.2) is 0 Å². The maximum absolute atomic E-state index is 8.25. The molecule has 0 aliphatic carbocycles. The molecule has 0 aromatic heterocycles. The number of hydrogen-bond donors (Lipinski definition) is 0. The van der Waals surface area contributed by atoms with E-state index in [0.29, 0.717) is 0 Å². The van der Waals surface area contributed by atoms with Gasteiger partial charge < -0.3 is 35.7 Å². The van der Waals surface area contributed by atoms with Gasteiger partial charge in [-0.05, 0) is 0 Å². The molecule has 0 heterocycles. The molecule has 0 aliphatic rings. The molecule has 3 radical (unpaired) electrons. The fourth-order valence-corrected chi connectivity index (χ4v) is 0. The van der Waals surface area contributed by atoms with Gasteiger partial charge in [-0.3, -0.25) is 0 Å². The van der Waals surface area contributed by atoms with Gasteiger partial charge in [-0.15, -0.1) is 0 Å². The SMILES string of the molecule is C[O-].C[O-].C[O-].C[O-].C[O-].C[O-].C[O-].[C-]#[O+].[C-]#[O+].[C-]#[O+].[C-]#[O+].[C-]#[O+].[C-]#[O+].[C-]#[O+].[C-]#[O+].[C-]#[O+].[Na+].[Tc].[Tc].[Tc]. The van der Waals surface area contributed by atoms with Gasteiger partial charge in [0.25, 0.3) is 0 Å². The Morgan fingerprint density at radius 1 is 0.222 bits per heavy atom. The second-order valence-electron chi connectivity index (χ2n) is 0. The molecule has 0 bridgehead atoms. The smallest absolute Gasteiger partial charge is 0 e. The molecule has 0 atom stereocenters. The third kappa shape index (κ3) is 354000. The van der Waals surface area contributed by atoms with Crippen LogP contribution in [0.3, 0.4) is 0 Å². The van der Waals surface area contributed by atoms with E-state index in [4.69, 9.17) is 77.6 Å². The summed E-state index contributed by atoms with van der Waals surface area (Å²) in [6.07, 6.45) is 0. The third-order valence-electron chi connectivity index (χ3n) is 0. The largest absolute Gasteiger partial charge is 1.00 e. The molecule has 0 spiro atoms. The molecular formula is C16H21NaO16Tc3-6. The molecule has 0 rings (SSSR count). The molecule has 0 unspecified atom stereocenters. The minimum Gasteiger partial charge on any atom is 0 e. The Kier molecular flexibility index (Phi) is 1830000. The van der Waals surface area contributed by atoms with Crippen LogP contribution in [0.15, 0.2) is 0 Å². The first-order chi connectivity index (χ1) is 16.0. The first-order valence-corrected chi connectivity index (χ1v) is 4.69. The molecule has 0 aromatic rings. The van der Waals surface area contributed by atoms with Crippen LogP contribution in [0.25, 0.3) is 0 Å². The molecule has 36 heavy (non-hydrogen) atoms. The Balaban J connectivity index is -0.00000000418. The first kappa shape index (κ1) is 170. The summed E-state index contributed by atoms with van der Waals surface area (Å²) in [7, 11) is 5.25. The van der Waals surface area contributed by atoms with Crippen LogP contribution in [0, 0.1) is 59.9 Å². The van der Waals surface area contributed by atoms with Crippen LogP contribution in [0.1, 0.15) is 0 Å². The molecule has 0 fully saturated rings. The van der Waals surface area contributed by atoms with Gasteiger partial charge >= 0.3 is 131 Å². The van der Waals surface area contributed by atoms with Gasteiger partial charge in [-0.2, -0.15) is 49.8 Å². The summed E-state index contributed by atoms with van der Waals surface area (Å²) in [6.45, 7) is 40.5. The second-order valence-corrected chi connectivity index (χ2v) is 0. The fraction of sp³-hybridized carbons (Fsp3) is 0.438. The summed E-state index contributed by atoms with van der Waals surface area (Å²) in [4.78, 5) is 0. The van der Waals surface area contributed by atoms with Gasteiger partial charge in [-0.1, -0.05) is 0 Å². The van der Waals surface area contributed by atoms with E-state index in [1.54, 1.807) is 0 Å². The van der Waals surface area contributed by atoms with Crippen LogP contribution in [0.5, 0.6) is 0 Å². The molecule has 0 aliphatic heterocycles. The average molecular weight is 786 g/mol. The minimum atomic E-state index is 0. The predicted molar refractivity (Wildman–Crippen MR) is 76.8 cm³/mol. The van der Waals surface area contributed by atoms with Crippen molar-refractivity contribution in [3.05, 3.63) is 59.9 Å². The predicted octanol–water partition coefficient (Wildman–Crippen LogP) is -10.5. The van der Waals surface area contributed by atoms with Crippen molar-refractivity contribution in [2.24, 2.45) is 0 Å². The van der Waals surface area contributed by atoms with Crippen molar-refractivity contribution < 1.29 is 167 Å². The zero-order chi connectivity index (χ0) is 32.0. The molecule has 20 heteroatoms. The Bertz CT molecular complexity index is 182. The third-order valence-corrected chi connectivity index (χ3v) is 0. The maximum atomic E-state index is 8.25. The Morgan fingerprint density at radius 3 is 0.222 bits per heavy atom. The summed E-state index contributed by atoms with van der Waals surface area (Å²) in [5.41, 5.74) is 0. The Labute approximate surface area is 275 Å². The molecule has 0 N–H and O–H groups in total. The summed E-state index contributed by atoms with van der Waals surface area (Å²) < 4.78 is 67.5. The van der Waals surface area contributed by atoms with Crippen molar-refractivity contribution in [1.82, 2.24) is 0 Å². The van der Waals surface area contributed by atoms with Crippen molar-refractivity contribution in [2.45, 2.75) is 0 Å². The van der Waals surface area contributed by atoms with E-state index in [2.05, 4.69) is 59.9 Å².